The molecule has 0 atom stereocenters. The molecule has 0 unspecified atom stereocenters. The first-order valence-corrected chi connectivity index (χ1v) is 7.17. The van der Waals surface area contributed by atoms with Gasteiger partial charge in [0.2, 0.25) is 0 Å². The largest absolute Gasteiger partial charge is 0.468 e. The summed E-state index contributed by atoms with van der Waals surface area (Å²) in [5.74, 6) is 0.944. The molecule has 20 heavy (non-hydrogen) atoms. The minimum Gasteiger partial charge on any atom is -0.468 e. The molecular weight excluding hydrogens is 258 g/mol. The van der Waals surface area contributed by atoms with Gasteiger partial charge in [-0.3, -0.25) is 0 Å². The summed E-state index contributed by atoms with van der Waals surface area (Å²) in [7, 11) is 1.69. The van der Waals surface area contributed by atoms with Crippen molar-refractivity contribution in [3.05, 3.63) is 23.7 Å². The average molecular weight is 285 g/mol. The van der Waals surface area contributed by atoms with E-state index >= 15 is 0 Å². The molecule has 0 aliphatic heterocycles. The molecule has 1 heterocycles. The summed E-state index contributed by atoms with van der Waals surface area (Å²) < 4.78 is 21.4. The summed E-state index contributed by atoms with van der Waals surface area (Å²) in [6, 6.07) is 2.39. The van der Waals surface area contributed by atoms with E-state index in [1.807, 2.05) is 6.07 Å². The quantitative estimate of drug-likeness (QED) is 0.597. The fourth-order valence-corrected chi connectivity index (χ4v) is 1.65. The van der Waals surface area contributed by atoms with E-state index in [0.29, 0.717) is 32.5 Å². The lowest BCUT2D eigenvalue weighted by atomic mass is 10.2. The van der Waals surface area contributed by atoms with Crippen LogP contribution in [-0.2, 0) is 27.4 Å². The standard InChI is InChI=1S/C15H27NO4/c1-13(2)16-11-15-14(5-8-20-15)12-19-10-9-18-7-4-6-17-3/h5,8,13,16H,4,6-7,9-12H2,1-3H3. The van der Waals surface area contributed by atoms with E-state index in [4.69, 9.17) is 18.6 Å². The molecule has 0 bridgehead atoms. The highest BCUT2D eigenvalue weighted by Crippen LogP contribution is 2.11. The van der Waals surface area contributed by atoms with E-state index in [9.17, 15) is 0 Å². The van der Waals surface area contributed by atoms with E-state index < -0.39 is 0 Å². The summed E-state index contributed by atoms with van der Waals surface area (Å²) in [5.41, 5.74) is 1.09. The lowest BCUT2D eigenvalue weighted by Crippen LogP contribution is -2.22. The van der Waals surface area contributed by atoms with E-state index in [0.717, 1.165) is 30.9 Å². The van der Waals surface area contributed by atoms with Gasteiger partial charge in [0, 0.05) is 31.9 Å². The molecule has 1 aromatic rings. The smallest absolute Gasteiger partial charge is 0.123 e. The Kier molecular flexibility index (Phi) is 9.32. The maximum Gasteiger partial charge on any atom is 0.123 e. The zero-order valence-corrected chi connectivity index (χ0v) is 12.8. The van der Waals surface area contributed by atoms with Crippen molar-refractivity contribution in [1.29, 1.82) is 0 Å². The Morgan fingerprint density at radius 1 is 1.15 bits per heavy atom. The van der Waals surface area contributed by atoms with Crippen molar-refractivity contribution >= 4 is 0 Å². The Bertz CT molecular complexity index is 338. The fraction of sp³-hybridized carbons (Fsp3) is 0.733. The number of methoxy groups -OCH3 is 1. The second kappa shape index (κ2) is 10.9. The summed E-state index contributed by atoms with van der Waals surface area (Å²) in [5, 5.41) is 3.33. The van der Waals surface area contributed by atoms with Gasteiger partial charge in [-0.05, 0) is 12.5 Å². The molecule has 116 valence electrons. The van der Waals surface area contributed by atoms with Gasteiger partial charge >= 0.3 is 0 Å². The van der Waals surface area contributed by atoms with Crippen molar-refractivity contribution in [3.8, 4) is 0 Å². The zero-order valence-electron chi connectivity index (χ0n) is 12.8. The van der Waals surface area contributed by atoms with Crippen LogP contribution in [0, 0.1) is 0 Å². The van der Waals surface area contributed by atoms with E-state index in [1.165, 1.54) is 0 Å². The van der Waals surface area contributed by atoms with E-state index in [2.05, 4.69) is 19.2 Å². The van der Waals surface area contributed by atoms with Crippen molar-refractivity contribution < 1.29 is 18.6 Å². The number of hydrogen-bond acceptors (Lipinski definition) is 5. The Morgan fingerprint density at radius 3 is 2.70 bits per heavy atom. The molecule has 0 aromatic carbocycles. The third-order valence-corrected chi connectivity index (χ3v) is 2.78. The van der Waals surface area contributed by atoms with Crippen LogP contribution in [-0.4, -0.2) is 39.6 Å². The molecule has 1 aromatic heterocycles. The molecule has 0 aliphatic rings. The number of rotatable bonds is 12. The summed E-state index contributed by atoms with van der Waals surface area (Å²) in [4.78, 5) is 0. The minimum absolute atomic E-state index is 0.439. The second-order valence-corrected chi connectivity index (χ2v) is 4.92. The summed E-state index contributed by atoms with van der Waals surface area (Å²) in [6.45, 7) is 8.18. The van der Waals surface area contributed by atoms with Crippen molar-refractivity contribution in [2.45, 2.75) is 39.5 Å². The Balaban J connectivity index is 2.08. The van der Waals surface area contributed by atoms with Gasteiger partial charge in [-0.15, -0.1) is 0 Å². The van der Waals surface area contributed by atoms with Gasteiger partial charge in [0.1, 0.15) is 5.76 Å². The van der Waals surface area contributed by atoms with Gasteiger partial charge in [0.15, 0.2) is 0 Å². The van der Waals surface area contributed by atoms with Crippen LogP contribution < -0.4 is 5.32 Å². The van der Waals surface area contributed by atoms with Crippen molar-refractivity contribution in [2.24, 2.45) is 0 Å². The minimum atomic E-state index is 0.439. The van der Waals surface area contributed by atoms with Gasteiger partial charge < -0.3 is 23.9 Å². The molecule has 5 nitrogen and oxygen atoms in total. The maximum absolute atomic E-state index is 5.59. The van der Waals surface area contributed by atoms with Gasteiger partial charge in [0.05, 0.1) is 32.6 Å². The molecule has 0 fully saturated rings. The van der Waals surface area contributed by atoms with Gasteiger partial charge in [-0.2, -0.15) is 0 Å². The molecule has 0 aliphatic carbocycles. The van der Waals surface area contributed by atoms with E-state index in [-0.39, 0.29) is 0 Å². The Hall–Kier alpha value is -0.880. The number of furan rings is 1. The lowest BCUT2D eigenvalue weighted by Gasteiger charge is -2.08. The zero-order chi connectivity index (χ0) is 14.6. The third-order valence-electron chi connectivity index (χ3n) is 2.78. The number of nitrogens with one attached hydrogen (secondary N) is 1. The highest BCUT2D eigenvalue weighted by molar-refractivity contribution is 5.15. The SMILES string of the molecule is COCCCOCCOCc1ccoc1CNC(C)C. The van der Waals surface area contributed by atoms with Crippen LogP contribution in [0.15, 0.2) is 16.7 Å². The summed E-state index contributed by atoms with van der Waals surface area (Å²) in [6.07, 6.45) is 2.63. The van der Waals surface area contributed by atoms with Crippen LogP contribution in [0.1, 0.15) is 31.6 Å². The van der Waals surface area contributed by atoms with Crippen molar-refractivity contribution in [2.75, 3.05) is 33.5 Å². The van der Waals surface area contributed by atoms with Crippen LogP contribution in [0.2, 0.25) is 0 Å². The maximum atomic E-state index is 5.59. The van der Waals surface area contributed by atoms with Gasteiger partial charge in [-0.1, -0.05) is 13.8 Å². The first kappa shape index (κ1) is 17.2. The molecule has 5 heteroatoms. The molecule has 1 N–H and O–H groups in total. The van der Waals surface area contributed by atoms with Gasteiger partial charge in [-0.25, -0.2) is 0 Å². The monoisotopic (exact) mass is 285 g/mol. The second-order valence-electron chi connectivity index (χ2n) is 4.92. The third kappa shape index (κ3) is 7.65. The molecule has 1 rings (SSSR count). The predicted molar refractivity (Wildman–Crippen MR) is 77.7 cm³/mol. The number of ether oxygens (including phenoxy) is 3. The van der Waals surface area contributed by atoms with Crippen LogP contribution in [0.25, 0.3) is 0 Å². The van der Waals surface area contributed by atoms with Crippen molar-refractivity contribution in [3.63, 3.8) is 0 Å². The fourth-order valence-electron chi connectivity index (χ4n) is 1.65. The van der Waals surface area contributed by atoms with Crippen molar-refractivity contribution in [1.82, 2.24) is 5.32 Å². The number of hydrogen-bond donors (Lipinski definition) is 1. The molecule has 0 spiro atoms. The average Bonchev–Trinajstić information content (AvgIpc) is 2.87. The molecule has 0 saturated heterocycles. The topological polar surface area (TPSA) is 52.9 Å². The Labute approximate surface area is 121 Å². The van der Waals surface area contributed by atoms with Crippen LogP contribution in [0.5, 0.6) is 0 Å². The normalized spacial score (nSPS) is 11.4. The first-order valence-electron chi connectivity index (χ1n) is 7.17. The molecule has 0 radical (unpaired) electrons. The van der Waals surface area contributed by atoms with Crippen LogP contribution >= 0.6 is 0 Å². The van der Waals surface area contributed by atoms with Crippen LogP contribution in [0.3, 0.4) is 0 Å². The van der Waals surface area contributed by atoms with Crippen LogP contribution in [0.4, 0.5) is 0 Å². The highest BCUT2D eigenvalue weighted by Gasteiger charge is 2.06. The lowest BCUT2D eigenvalue weighted by molar-refractivity contribution is 0.0332. The predicted octanol–water partition coefficient (Wildman–Crippen LogP) is 2.35. The highest BCUT2D eigenvalue weighted by atomic mass is 16.5. The summed E-state index contributed by atoms with van der Waals surface area (Å²) >= 11 is 0. The molecular formula is C15H27NO4. The molecule has 0 saturated carbocycles. The van der Waals surface area contributed by atoms with E-state index in [1.54, 1.807) is 13.4 Å². The molecule has 0 amide bonds. The van der Waals surface area contributed by atoms with Gasteiger partial charge in [0.25, 0.3) is 0 Å². The Morgan fingerprint density at radius 2 is 1.95 bits per heavy atom. The first-order chi connectivity index (χ1) is 9.74.